The summed E-state index contributed by atoms with van der Waals surface area (Å²) in [5.41, 5.74) is 3.20. The van der Waals surface area contributed by atoms with Crippen molar-refractivity contribution in [2.24, 2.45) is 5.92 Å². The Kier molecular flexibility index (Phi) is 7.64. The monoisotopic (exact) mass is 593 g/mol. The molecule has 6 rings (SSSR count). The SMILES string of the molecule is O=C(O)[C@@H]1CCCC[C@@H]1c1nc2cc(OCc3ccc4ccccc4n3)ccc2n1Cc1ccc(OC(F)(F)F)c(F)c1. The molecular weight excluding hydrogens is 566 g/mol. The molecule has 1 fully saturated rings. The highest BCUT2D eigenvalue weighted by Gasteiger charge is 2.36. The molecule has 2 atom stereocenters. The molecule has 0 bridgehead atoms. The van der Waals surface area contributed by atoms with E-state index < -0.39 is 29.8 Å². The molecule has 1 aliphatic carbocycles. The van der Waals surface area contributed by atoms with Crippen LogP contribution in [0.2, 0.25) is 0 Å². The molecule has 1 N–H and O–H groups in total. The second-order valence-corrected chi connectivity index (χ2v) is 10.6. The van der Waals surface area contributed by atoms with Gasteiger partial charge >= 0.3 is 12.3 Å². The molecule has 222 valence electrons. The molecule has 5 aromatic rings. The van der Waals surface area contributed by atoms with E-state index >= 15 is 0 Å². The van der Waals surface area contributed by atoms with Gasteiger partial charge in [-0.15, -0.1) is 13.2 Å². The van der Waals surface area contributed by atoms with Crippen molar-refractivity contribution in [2.75, 3.05) is 0 Å². The molecule has 7 nitrogen and oxygen atoms in total. The fraction of sp³-hybridized carbons (Fsp3) is 0.281. The Hall–Kier alpha value is -4.67. The number of hydrogen-bond donors (Lipinski definition) is 1. The van der Waals surface area contributed by atoms with Gasteiger partial charge in [0, 0.05) is 23.9 Å². The van der Waals surface area contributed by atoms with E-state index in [4.69, 9.17) is 9.72 Å². The fourth-order valence-electron chi connectivity index (χ4n) is 5.78. The maximum absolute atomic E-state index is 14.6. The van der Waals surface area contributed by atoms with Crippen molar-refractivity contribution in [2.45, 2.75) is 51.1 Å². The molecule has 0 saturated heterocycles. The molecular formula is C32H27F4N3O4. The number of fused-ring (bicyclic) bond motifs is 2. The van der Waals surface area contributed by atoms with E-state index in [0.29, 0.717) is 41.0 Å². The summed E-state index contributed by atoms with van der Waals surface area (Å²) in [5.74, 6) is -2.94. The lowest BCUT2D eigenvalue weighted by Crippen LogP contribution is -2.27. The number of carbonyl (C=O) groups is 1. The zero-order chi connectivity index (χ0) is 30.1. The lowest BCUT2D eigenvalue weighted by molar-refractivity contribution is -0.275. The lowest BCUT2D eigenvalue weighted by Gasteiger charge is -2.28. The molecule has 0 aliphatic heterocycles. The Balaban J connectivity index is 1.33. The first-order valence-electron chi connectivity index (χ1n) is 13.9. The van der Waals surface area contributed by atoms with Crippen LogP contribution in [0.15, 0.2) is 72.8 Å². The van der Waals surface area contributed by atoms with E-state index in [-0.39, 0.29) is 19.1 Å². The van der Waals surface area contributed by atoms with Gasteiger partial charge in [-0.2, -0.15) is 0 Å². The standard InChI is InChI=1S/C32H27F4N3O4/c33-25-15-19(9-14-29(25)43-32(34,35)36)17-39-28-13-12-22(42-18-21-11-10-20-5-1-4-8-26(20)37-21)16-27(28)38-30(39)23-6-2-3-7-24(23)31(40)41/h1,4-5,8-16,23-24H,2-3,6-7,17-18H2,(H,40,41)/t23-,24+/m0/s1. The highest BCUT2D eigenvalue weighted by atomic mass is 19.4. The summed E-state index contributed by atoms with van der Waals surface area (Å²) >= 11 is 0. The van der Waals surface area contributed by atoms with Gasteiger partial charge in [0.05, 0.1) is 28.2 Å². The van der Waals surface area contributed by atoms with E-state index in [0.717, 1.165) is 41.6 Å². The number of carboxylic acid groups (broad SMARTS) is 1. The van der Waals surface area contributed by atoms with Gasteiger partial charge in [-0.1, -0.05) is 43.2 Å². The third-order valence-electron chi connectivity index (χ3n) is 7.77. The minimum absolute atomic E-state index is 0.0686. The number of pyridine rings is 1. The van der Waals surface area contributed by atoms with Crippen molar-refractivity contribution in [1.82, 2.24) is 14.5 Å². The number of alkyl halides is 3. The van der Waals surface area contributed by atoms with Gasteiger partial charge in [-0.3, -0.25) is 4.79 Å². The predicted molar refractivity (Wildman–Crippen MR) is 150 cm³/mol. The minimum Gasteiger partial charge on any atom is -0.487 e. The Morgan fingerprint density at radius 3 is 2.56 bits per heavy atom. The van der Waals surface area contributed by atoms with Crippen LogP contribution in [0.4, 0.5) is 17.6 Å². The van der Waals surface area contributed by atoms with Crippen LogP contribution in [-0.2, 0) is 17.9 Å². The number of para-hydroxylation sites is 1. The minimum atomic E-state index is -5.02. The summed E-state index contributed by atoms with van der Waals surface area (Å²) < 4.78 is 64.1. The van der Waals surface area contributed by atoms with Crippen LogP contribution < -0.4 is 9.47 Å². The van der Waals surface area contributed by atoms with E-state index in [1.807, 2.05) is 41.0 Å². The molecule has 2 heterocycles. The van der Waals surface area contributed by atoms with E-state index in [2.05, 4.69) is 9.72 Å². The summed E-state index contributed by atoms with van der Waals surface area (Å²) in [5, 5.41) is 11.0. The summed E-state index contributed by atoms with van der Waals surface area (Å²) in [6, 6.07) is 20.2. The number of hydrogen-bond acceptors (Lipinski definition) is 5. The number of nitrogens with zero attached hydrogens (tertiary/aromatic N) is 3. The number of benzene rings is 3. The summed E-state index contributed by atoms with van der Waals surface area (Å²) in [7, 11) is 0. The molecule has 43 heavy (non-hydrogen) atoms. The zero-order valence-corrected chi connectivity index (χ0v) is 22.9. The van der Waals surface area contributed by atoms with Gasteiger partial charge < -0.3 is 19.1 Å². The molecule has 3 aromatic carbocycles. The molecule has 0 unspecified atom stereocenters. The normalized spacial score (nSPS) is 17.3. The number of imidazole rings is 1. The van der Waals surface area contributed by atoms with Crippen LogP contribution in [0.1, 0.15) is 48.7 Å². The molecule has 1 saturated carbocycles. The van der Waals surface area contributed by atoms with E-state index in [9.17, 15) is 27.5 Å². The highest BCUT2D eigenvalue weighted by Crippen LogP contribution is 2.39. The molecule has 2 aromatic heterocycles. The van der Waals surface area contributed by atoms with Crippen LogP contribution in [0.5, 0.6) is 11.5 Å². The third kappa shape index (κ3) is 6.25. The van der Waals surface area contributed by atoms with Crippen molar-refractivity contribution >= 4 is 27.9 Å². The Morgan fingerprint density at radius 1 is 0.953 bits per heavy atom. The Bertz CT molecular complexity index is 1800. The van der Waals surface area contributed by atoms with E-state index in [1.165, 1.54) is 6.07 Å². The van der Waals surface area contributed by atoms with Crippen molar-refractivity contribution < 1.29 is 36.9 Å². The smallest absolute Gasteiger partial charge is 0.487 e. The van der Waals surface area contributed by atoms with Crippen LogP contribution in [-0.4, -0.2) is 32.0 Å². The lowest BCUT2D eigenvalue weighted by atomic mass is 9.78. The first kappa shape index (κ1) is 28.4. The third-order valence-corrected chi connectivity index (χ3v) is 7.77. The van der Waals surface area contributed by atoms with Crippen molar-refractivity contribution in [3.05, 3.63) is 95.7 Å². The number of rotatable bonds is 8. The average molecular weight is 594 g/mol. The summed E-state index contributed by atoms with van der Waals surface area (Å²) in [6.45, 7) is 0.290. The van der Waals surface area contributed by atoms with Gasteiger partial charge in [0.1, 0.15) is 18.2 Å². The molecule has 0 spiro atoms. The first-order valence-corrected chi connectivity index (χ1v) is 13.9. The van der Waals surface area contributed by atoms with Gasteiger partial charge in [0.15, 0.2) is 11.6 Å². The maximum atomic E-state index is 14.6. The Labute approximate surface area is 243 Å². The van der Waals surface area contributed by atoms with Crippen LogP contribution in [0.25, 0.3) is 21.9 Å². The number of halogens is 4. The highest BCUT2D eigenvalue weighted by molar-refractivity contribution is 5.79. The molecule has 11 heteroatoms. The van der Waals surface area contributed by atoms with Gasteiger partial charge in [0.25, 0.3) is 0 Å². The number of aliphatic carboxylic acids is 1. The van der Waals surface area contributed by atoms with Crippen LogP contribution in [0.3, 0.4) is 0 Å². The van der Waals surface area contributed by atoms with Crippen LogP contribution in [0, 0.1) is 11.7 Å². The van der Waals surface area contributed by atoms with Crippen molar-refractivity contribution in [3.8, 4) is 11.5 Å². The second kappa shape index (κ2) is 11.5. The number of carboxylic acids is 1. The predicted octanol–water partition coefficient (Wildman–Crippen LogP) is 7.61. The quantitative estimate of drug-likeness (QED) is 0.187. The topological polar surface area (TPSA) is 86.5 Å². The van der Waals surface area contributed by atoms with Gasteiger partial charge in [-0.05, 0) is 54.8 Å². The molecule has 0 amide bonds. The second-order valence-electron chi connectivity index (χ2n) is 10.6. The molecule has 1 aliphatic rings. The van der Waals surface area contributed by atoms with E-state index in [1.54, 1.807) is 18.2 Å². The molecule has 0 radical (unpaired) electrons. The average Bonchev–Trinajstić information content (AvgIpc) is 3.34. The largest absolute Gasteiger partial charge is 0.573 e. The first-order chi connectivity index (χ1) is 20.6. The number of ether oxygens (including phenoxy) is 2. The van der Waals surface area contributed by atoms with Gasteiger partial charge in [0.2, 0.25) is 0 Å². The van der Waals surface area contributed by atoms with Crippen molar-refractivity contribution in [3.63, 3.8) is 0 Å². The fourth-order valence-corrected chi connectivity index (χ4v) is 5.78. The maximum Gasteiger partial charge on any atom is 0.573 e. The Morgan fingerprint density at radius 2 is 1.77 bits per heavy atom. The van der Waals surface area contributed by atoms with Crippen molar-refractivity contribution in [1.29, 1.82) is 0 Å². The summed E-state index contributed by atoms with van der Waals surface area (Å²) in [4.78, 5) is 21.6. The van der Waals surface area contributed by atoms with Crippen LogP contribution >= 0.6 is 0 Å². The number of aromatic nitrogens is 3. The zero-order valence-electron chi connectivity index (χ0n) is 22.9. The summed E-state index contributed by atoms with van der Waals surface area (Å²) in [6.07, 6.45) is -2.27. The van der Waals surface area contributed by atoms with Gasteiger partial charge in [-0.25, -0.2) is 14.4 Å².